The number of guanidine groups is 1. The van der Waals surface area contributed by atoms with Crippen LogP contribution in [0.15, 0.2) is 42.9 Å². The zero-order chi connectivity index (χ0) is 35.6. The van der Waals surface area contributed by atoms with E-state index in [-0.39, 0.29) is 37.5 Å². The van der Waals surface area contributed by atoms with Gasteiger partial charge < -0.3 is 53.5 Å². The number of hydrogen-bond acceptors (Lipinski definition) is 10. The van der Waals surface area contributed by atoms with Gasteiger partial charge in [-0.3, -0.25) is 29.4 Å². The maximum absolute atomic E-state index is 13.5. The second-order valence-corrected chi connectivity index (χ2v) is 11.1. The molecule has 0 fully saturated rings. The van der Waals surface area contributed by atoms with E-state index >= 15 is 0 Å². The second kappa shape index (κ2) is 20.1. The lowest BCUT2D eigenvalue weighted by Gasteiger charge is -2.25. The van der Waals surface area contributed by atoms with Gasteiger partial charge in [0.25, 0.3) is 0 Å². The van der Waals surface area contributed by atoms with Crippen LogP contribution in [0.2, 0.25) is 0 Å². The minimum atomic E-state index is -1.28. The van der Waals surface area contributed by atoms with Gasteiger partial charge in [0.2, 0.25) is 29.5 Å². The van der Waals surface area contributed by atoms with Gasteiger partial charge >= 0.3 is 5.97 Å². The number of nitrogens with zero attached hydrogens (tertiary/aromatic N) is 1. The number of aromatic amines is 1. The summed E-state index contributed by atoms with van der Waals surface area (Å²) < 4.78 is 0. The third kappa shape index (κ3) is 14.1. The number of aliphatic carboxylic acids is 1. The van der Waals surface area contributed by atoms with E-state index < -0.39 is 72.3 Å². The van der Waals surface area contributed by atoms with Crippen LogP contribution in [0, 0.1) is 5.41 Å². The van der Waals surface area contributed by atoms with E-state index in [1.807, 2.05) is 0 Å². The summed E-state index contributed by atoms with van der Waals surface area (Å²) in [6.45, 7) is 1.04. The van der Waals surface area contributed by atoms with Crippen LogP contribution < -0.4 is 43.4 Å². The van der Waals surface area contributed by atoms with Gasteiger partial charge in [0, 0.05) is 31.3 Å². The standard InChI is InChI=1S/C29H43N11O7S/c1-16(24(42)35-13-23(41)38-20(28(46)47)8-5-9-34-29(31)32)37-26(44)21(10-17-6-3-2-4-7-17)40-27(45)22(11-18-12-33-15-36-18)39-25(43)19(30)14-48/h2-4,6-7,12,15-16,19-22,48H,5,8-11,13-14,30H2,1H3,(H,33,36)(H,35,42)(H,37,44)(H,38,41)(H,39,43)(H,40,45)(H,46,47)(H4,31,32,34)/t16-,19+,20+,21+,22+/m1/s1. The number of carboxylic acid groups (broad SMARTS) is 1. The summed E-state index contributed by atoms with van der Waals surface area (Å²) >= 11 is 4.03. The van der Waals surface area contributed by atoms with Crippen molar-refractivity contribution in [3.05, 3.63) is 54.1 Å². The molecule has 2 aromatic rings. The summed E-state index contributed by atoms with van der Waals surface area (Å²) in [6, 6.07) is 3.05. The Morgan fingerprint density at radius 1 is 0.917 bits per heavy atom. The van der Waals surface area contributed by atoms with E-state index in [2.05, 4.69) is 54.5 Å². The average Bonchev–Trinajstić information content (AvgIpc) is 3.57. The molecule has 5 amide bonds. The summed E-state index contributed by atoms with van der Waals surface area (Å²) in [7, 11) is 0. The first-order chi connectivity index (χ1) is 22.8. The molecule has 13 N–H and O–H groups in total. The first kappa shape index (κ1) is 39.0. The smallest absolute Gasteiger partial charge is 0.326 e. The van der Waals surface area contributed by atoms with Gasteiger partial charge in [-0.15, -0.1) is 0 Å². The number of thiol groups is 1. The van der Waals surface area contributed by atoms with Crippen molar-refractivity contribution >= 4 is 54.1 Å². The number of imidazole rings is 1. The minimum Gasteiger partial charge on any atom is -0.480 e. The molecule has 2 rings (SSSR count). The van der Waals surface area contributed by atoms with E-state index in [0.717, 1.165) is 0 Å². The van der Waals surface area contributed by atoms with Crippen LogP contribution in [0.5, 0.6) is 0 Å². The molecule has 0 aliphatic carbocycles. The second-order valence-electron chi connectivity index (χ2n) is 10.8. The van der Waals surface area contributed by atoms with E-state index in [0.29, 0.717) is 17.7 Å². The Morgan fingerprint density at radius 3 is 2.17 bits per heavy atom. The number of aromatic nitrogens is 2. The first-order valence-corrected chi connectivity index (χ1v) is 15.6. The summed E-state index contributed by atoms with van der Waals surface area (Å²) in [5.74, 6) is -5.08. The molecule has 0 saturated carbocycles. The van der Waals surface area contributed by atoms with Gasteiger partial charge in [-0.25, -0.2) is 9.78 Å². The quantitative estimate of drug-likeness (QED) is 0.0286. The number of carbonyl (C=O) groups is 6. The van der Waals surface area contributed by atoms with Crippen molar-refractivity contribution in [2.24, 2.45) is 11.5 Å². The van der Waals surface area contributed by atoms with E-state index in [1.54, 1.807) is 36.5 Å². The molecule has 1 aromatic heterocycles. The topological polar surface area (TPSA) is 299 Å². The molecule has 0 aliphatic heterocycles. The number of carboxylic acids is 1. The van der Waals surface area contributed by atoms with Crippen molar-refractivity contribution in [1.29, 1.82) is 5.41 Å². The van der Waals surface area contributed by atoms with Crippen LogP contribution in [0.1, 0.15) is 31.0 Å². The van der Waals surface area contributed by atoms with Crippen LogP contribution in [-0.4, -0.2) is 106 Å². The average molecular weight is 690 g/mol. The van der Waals surface area contributed by atoms with Crippen LogP contribution in [0.25, 0.3) is 0 Å². The SMILES string of the molecule is C[C@@H](NC(=O)[C@H](Cc1ccccc1)NC(=O)[C@H](Cc1c[nH]cn1)NC(=O)[C@@H](N)CS)C(=O)NCC(=O)N[C@@H](CCCNC(=N)N)C(=O)O. The highest BCUT2D eigenvalue weighted by Gasteiger charge is 2.30. The van der Waals surface area contributed by atoms with Gasteiger partial charge in [0.1, 0.15) is 24.2 Å². The van der Waals surface area contributed by atoms with Crippen molar-refractivity contribution in [3.8, 4) is 0 Å². The van der Waals surface area contributed by atoms with Gasteiger partial charge in [-0.1, -0.05) is 30.3 Å². The van der Waals surface area contributed by atoms with Crippen molar-refractivity contribution in [1.82, 2.24) is 41.9 Å². The Hall–Kier alpha value is -5.17. The molecule has 0 unspecified atom stereocenters. The number of rotatable bonds is 20. The van der Waals surface area contributed by atoms with Crippen molar-refractivity contribution in [3.63, 3.8) is 0 Å². The fourth-order valence-corrected chi connectivity index (χ4v) is 4.41. The third-order valence-corrected chi connectivity index (χ3v) is 7.24. The Labute approximate surface area is 282 Å². The molecule has 0 bridgehead atoms. The number of hydrogen-bond donors (Lipinski definition) is 12. The molecular weight excluding hydrogens is 646 g/mol. The monoisotopic (exact) mass is 689 g/mol. The predicted octanol–water partition coefficient (Wildman–Crippen LogP) is -3.12. The zero-order valence-corrected chi connectivity index (χ0v) is 27.2. The van der Waals surface area contributed by atoms with E-state index in [4.69, 9.17) is 16.9 Å². The molecule has 5 atom stereocenters. The number of H-pyrrole nitrogens is 1. The largest absolute Gasteiger partial charge is 0.480 e. The molecular formula is C29H43N11O7S. The van der Waals surface area contributed by atoms with Crippen LogP contribution >= 0.6 is 12.6 Å². The van der Waals surface area contributed by atoms with Gasteiger partial charge in [-0.05, 0) is 25.3 Å². The zero-order valence-electron chi connectivity index (χ0n) is 26.3. The Balaban J connectivity index is 2.06. The molecule has 48 heavy (non-hydrogen) atoms. The van der Waals surface area contributed by atoms with Gasteiger partial charge in [0.15, 0.2) is 5.96 Å². The Kier molecular flexibility index (Phi) is 16.4. The van der Waals surface area contributed by atoms with Crippen molar-refractivity contribution in [2.75, 3.05) is 18.8 Å². The minimum absolute atomic E-state index is 0.0149. The normalized spacial score (nSPS) is 13.8. The lowest BCUT2D eigenvalue weighted by molar-refractivity contribution is -0.142. The number of nitrogens with two attached hydrogens (primary N) is 2. The summed E-state index contributed by atoms with van der Waals surface area (Å²) in [4.78, 5) is 83.0. The van der Waals surface area contributed by atoms with Crippen LogP contribution in [0.3, 0.4) is 0 Å². The maximum Gasteiger partial charge on any atom is 0.326 e. The van der Waals surface area contributed by atoms with Crippen LogP contribution in [0.4, 0.5) is 0 Å². The molecule has 1 aromatic carbocycles. The molecule has 18 nitrogen and oxygen atoms in total. The number of carbonyl (C=O) groups excluding carboxylic acids is 5. The molecule has 19 heteroatoms. The summed E-state index contributed by atoms with van der Waals surface area (Å²) in [5, 5.41) is 31.4. The highest BCUT2D eigenvalue weighted by atomic mass is 32.1. The highest BCUT2D eigenvalue weighted by Crippen LogP contribution is 2.07. The maximum atomic E-state index is 13.5. The Morgan fingerprint density at radius 2 is 1.56 bits per heavy atom. The number of nitrogens with one attached hydrogen (secondary N) is 8. The molecule has 0 radical (unpaired) electrons. The van der Waals surface area contributed by atoms with Crippen LogP contribution in [-0.2, 0) is 41.6 Å². The fourth-order valence-electron chi connectivity index (χ4n) is 4.25. The van der Waals surface area contributed by atoms with Crippen molar-refractivity contribution < 1.29 is 33.9 Å². The van der Waals surface area contributed by atoms with E-state index in [1.165, 1.54) is 13.3 Å². The molecule has 262 valence electrons. The molecule has 0 spiro atoms. The predicted molar refractivity (Wildman–Crippen MR) is 177 cm³/mol. The van der Waals surface area contributed by atoms with Gasteiger partial charge in [0.05, 0.1) is 24.6 Å². The lowest BCUT2D eigenvalue weighted by Crippen LogP contribution is -2.58. The summed E-state index contributed by atoms with van der Waals surface area (Å²) in [5.41, 5.74) is 12.1. The molecule has 0 saturated heterocycles. The fraction of sp³-hybridized carbons (Fsp3) is 0.448. The Bertz CT molecular complexity index is 1400. The number of benzene rings is 1. The van der Waals surface area contributed by atoms with Crippen molar-refractivity contribution in [2.45, 2.75) is 62.8 Å². The lowest BCUT2D eigenvalue weighted by atomic mass is 10.0. The summed E-state index contributed by atoms with van der Waals surface area (Å²) in [6.07, 6.45) is 3.33. The number of amides is 5. The highest BCUT2D eigenvalue weighted by molar-refractivity contribution is 7.80. The third-order valence-electron chi connectivity index (χ3n) is 6.84. The molecule has 1 heterocycles. The first-order valence-electron chi connectivity index (χ1n) is 15.0. The van der Waals surface area contributed by atoms with E-state index in [9.17, 15) is 33.9 Å². The molecule has 0 aliphatic rings. The van der Waals surface area contributed by atoms with Gasteiger partial charge in [-0.2, -0.15) is 12.6 Å².